The molecule has 9 heteroatoms. The number of amides is 3. The Labute approximate surface area is 173 Å². The van der Waals surface area contributed by atoms with Gasteiger partial charge in [0, 0.05) is 5.56 Å². The normalized spacial score (nSPS) is 23.7. The van der Waals surface area contributed by atoms with Crippen LogP contribution in [0.3, 0.4) is 0 Å². The van der Waals surface area contributed by atoms with Crippen molar-refractivity contribution in [2.75, 3.05) is 6.54 Å². The van der Waals surface area contributed by atoms with Crippen LogP contribution in [-0.2, 0) is 20.9 Å². The zero-order valence-electron chi connectivity index (χ0n) is 17.0. The minimum absolute atomic E-state index is 0.133. The second kappa shape index (κ2) is 7.89. The summed E-state index contributed by atoms with van der Waals surface area (Å²) >= 11 is 0. The van der Waals surface area contributed by atoms with Gasteiger partial charge in [-0.15, -0.1) is 0 Å². The molecule has 2 aliphatic rings. The van der Waals surface area contributed by atoms with E-state index in [4.69, 9.17) is 9.26 Å². The number of rotatable bonds is 5. The minimum atomic E-state index is -0.876. The number of ether oxygens (including phenoxy) is 1. The molecule has 0 radical (unpaired) electrons. The van der Waals surface area contributed by atoms with E-state index in [1.165, 1.54) is 0 Å². The van der Waals surface area contributed by atoms with Gasteiger partial charge in [0.2, 0.25) is 5.82 Å². The van der Waals surface area contributed by atoms with Crippen molar-refractivity contribution < 1.29 is 23.6 Å². The molecule has 2 fully saturated rings. The second-order valence-corrected chi connectivity index (χ2v) is 8.12. The highest BCUT2D eigenvalue weighted by Crippen LogP contribution is 2.36. The van der Waals surface area contributed by atoms with E-state index >= 15 is 0 Å². The largest absolute Gasteiger partial charge is 0.454 e. The van der Waals surface area contributed by atoms with Crippen molar-refractivity contribution in [2.45, 2.75) is 51.7 Å². The van der Waals surface area contributed by atoms with Crippen molar-refractivity contribution in [2.24, 2.45) is 5.92 Å². The molecule has 0 bridgehead atoms. The van der Waals surface area contributed by atoms with Crippen LogP contribution in [0.2, 0.25) is 0 Å². The molecule has 1 spiro atoms. The van der Waals surface area contributed by atoms with Crippen LogP contribution in [0.1, 0.15) is 44.1 Å². The summed E-state index contributed by atoms with van der Waals surface area (Å²) in [6.07, 6.45) is 2.91. The maximum atomic E-state index is 12.8. The van der Waals surface area contributed by atoms with E-state index in [9.17, 15) is 14.4 Å². The van der Waals surface area contributed by atoms with Gasteiger partial charge in [-0.05, 0) is 38.5 Å². The number of carbonyl (C=O) groups excluding carboxylic acids is 3. The van der Waals surface area contributed by atoms with Crippen molar-refractivity contribution in [3.05, 3.63) is 35.7 Å². The first kappa shape index (κ1) is 20.1. The second-order valence-electron chi connectivity index (χ2n) is 8.12. The fourth-order valence-electron chi connectivity index (χ4n) is 3.86. The molecule has 2 aromatic rings. The van der Waals surface area contributed by atoms with Crippen LogP contribution in [0.5, 0.6) is 0 Å². The SMILES string of the molecule is Cc1ccc(-c2noc(COC(=O)CN3C(=O)NC4(CCC(C)CC4)C3=O)n2)cc1. The lowest BCUT2D eigenvalue weighted by atomic mass is 9.77. The van der Waals surface area contributed by atoms with Crippen LogP contribution in [0.15, 0.2) is 28.8 Å². The van der Waals surface area contributed by atoms with Gasteiger partial charge in [0.05, 0.1) is 0 Å². The van der Waals surface area contributed by atoms with Gasteiger partial charge in [0.25, 0.3) is 11.8 Å². The van der Waals surface area contributed by atoms with Crippen molar-refractivity contribution in [1.82, 2.24) is 20.4 Å². The van der Waals surface area contributed by atoms with Crippen LogP contribution >= 0.6 is 0 Å². The highest BCUT2D eigenvalue weighted by atomic mass is 16.6. The number of urea groups is 1. The molecule has 1 aromatic heterocycles. The first-order chi connectivity index (χ1) is 14.4. The number of esters is 1. The molecule has 4 rings (SSSR count). The molecular weight excluding hydrogens is 388 g/mol. The van der Waals surface area contributed by atoms with Gasteiger partial charge in [0.1, 0.15) is 12.1 Å². The lowest BCUT2D eigenvalue weighted by molar-refractivity contribution is -0.149. The van der Waals surface area contributed by atoms with E-state index in [1.807, 2.05) is 31.2 Å². The molecule has 3 amide bonds. The monoisotopic (exact) mass is 412 g/mol. The highest BCUT2D eigenvalue weighted by Gasteiger charge is 2.52. The molecular formula is C21H24N4O5. The molecule has 1 aliphatic carbocycles. The Morgan fingerprint density at radius 3 is 2.67 bits per heavy atom. The van der Waals surface area contributed by atoms with E-state index in [0.717, 1.165) is 28.9 Å². The number of hydrogen-bond donors (Lipinski definition) is 1. The van der Waals surface area contributed by atoms with Gasteiger partial charge in [-0.25, -0.2) is 4.79 Å². The first-order valence-corrected chi connectivity index (χ1v) is 10.1. The van der Waals surface area contributed by atoms with E-state index in [2.05, 4.69) is 22.4 Å². The van der Waals surface area contributed by atoms with Crippen molar-refractivity contribution in [1.29, 1.82) is 0 Å². The molecule has 1 saturated carbocycles. The number of aromatic nitrogens is 2. The average molecular weight is 412 g/mol. The Morgan fingerprint density at radius 1 is 1.27 bits per heavy atom. The number of carbonyl (C=O) groups is 3. The summed E-state index contributed by atoms with van der Waals surface area (Å²) in [6, 6.07) is 7.06. The Bertz CT molecular complexity index is 960. The van der Waals surface area contributed by atoms with E-state index in [1.54, 1.807) is 0 Å². The molecule has 30 heavy (non-hydrogen) atoms. The Morgan fingerprint density at radius 2 is 1.97 bits per heavy atom. The number of hydrogen-bond acceptors (Lipinski definition) is 7. The Hall–Kier alpha value is -3.23. The summed E-state index contributed by atoms with van der Waals surface area (Å²) in [5.74, 6) is -0.0124. The summed E-state index contributed by atoms with van der Waals surface area (Å²) in [5, 5.41) is 6.66. The quantitative estimate of drug-likeness (QED) is 0.593. The van der Waals surface area contributed by atoms with Crippen LogP contribution < -0.4 is 5.32 Å². The predicted molar refractivity (Wildman–Crippen MR) is 105 cm³/mol. The summed E-state index contributed by atoms with van der Waals surface area (Å²) < 4.78 is 10.3. The molecule has 1 saturated heterocycles. The third-order valence-electron chi connectivity index (χ3n) is 5.80. The van der Waals surface area contributed by atoms with Crippen molar-refractivity contribution in [3.63, 3.8) is 0 Å². The molecule has 1 aliphatic heterocycles. The van der Waals surface area contributed by atoms with Gasteiger partial charge in [-0.3, -0.25) is 14.5 Å². The Kier molecular flexibility index (Phi) is 5.27. The van der Waals surface area contributed by atoms with Crippen LogP contribution in [0.4, 0.5) is 4.79 Å². The predicted octanol–water partition coefficient (Wildman–Crippen LogP) is 2.59. The van der Waals surface area contributed by atoms with Crippen LogP contribution in [0, 0.1) is 12.8 Å². The lowest BCUT2D eigenvalue weighted by Crippen LogP contribution is -2.49. The third kappa shape index (κ3) is 3.92. The standard InChI is InChI=1S/C21H24N4O5/c1-13-3-5-15(6-4-13)18-22-16(30-24-18)12-29-17(26)11-25-19(27)21(23-20(25)28)9-7-14(2)8-10-21/h3-6,14H,7-12H2,1-2H3,(H,23,28). The highest BCUT2D eigenvalue weighted by molar-refractivity contribution is 6.08. The van der Waals surface area contributed by atoms with Gasteiger partial charge in [-0.1, -0.05) is 41.9 Å². The molecule has 1 aromatic carbocycles. The molecule has 2 heterocycles. The number of aryl methyl sites for hydroxylation is 1. The zero-order valence-corrected chi connectivity index (χ0v) is 17.0. The molecule has 0 unspecified atom stereocenters. The fraction of sp³-hybridized carbons (Fsp3) is 0.476. The molecule has 0 atom stereocenters. The third-order valence-corrected chi connectivity index (χ3v) is 5.80. The fourth-order valence-corrected chi connectivity index (χ4v) is 3.86. The van der Waals surface area contributed by atoms with Gasteiger partial charge < -0.3 is 14.6 Å². The van der Waals surface area contributed by atoms with Gasteiger partial charge in [0.15, 0.2) is 6.61 Å². The lowest BCUT2D eigenvalue weighted by Gasteiger charge is -2.33. The van der Waals surface area contributed by atoms with E-state index in [0.29, 0.717) is 24.6 Å². The van der Waals surface area contributed by atoms with E-state index in [-0.39, 0.29) is 18.4 Å². The van der Waals surface area contributed by atoms with Crippen LogP contribution in [0.25, 0.3) is 11.4 Å². The number of imide groups is 1. The molecule has 158 valence electrons. The average Bonchev–Trinajstić information content (AvgIpc) is 3.29. The maximum Gasteiger partial charge on any atom is 0.326 e. The summed E-state index contributed by atoms with van der Waals surface area (Å²) in [7, 11) is 0. The smallest absolute Gasteiger partial charge is 0.326 e. The van der Waals surface area contributed by atoms with Crippen molar-refractivity contribution >= 4 is 17.9 Å². The van der Waals surface area contributed by atoms with Gasteiger partial charge in [-0.2, -0.15) is 4.98 Å². The summed E-state index contributed by atoms with van der Waals surface area (Å²) in [5.41, 5.74) is 1.02. The minimum Gasteiger partial charge on any atom is -0.454 e. The first-order valence-electron chi connectivity index (χ1n) is 10.1. The van der Waals surface area contributed by atoms with E-state index < -0.39 is 24.1 Å². The molecule has 9 nitrogen and oxygen atoms in total. The summed E-state index contributed by atoms with van der Waals surface area (Å²) in [4.78, 5) is 42.4. The number of nitrogens with zero attached hydrogens (tertiary/aromatic N) is 3. The zero-order chi connectivity index (χ0) is 21.3. The van der Waals surface area contributed by atoms with Crippen LogP contribution in [-0.4, -0.2) is 45.0 Å². The summed E-state index contributed by atoms with van der Waals surface area (Å²) in [6.45, 7) is 3.43. The maximum absolute atomic E-state index is 12.8. The Balaban J connectivity index is 1.32. The number of nitrogens with one attached hydrogen (secondary N) is 1. The topological polar surface area (TPSA) is 115 Å². The van der Waals surface area contributed by atoms with Gasteiger partial charge >= 0.3 is 12.0 Å². The number of benzene rings is 1. The molecule has 1 N–H and O–H groups in total. The van der Waals surface area contributed by atoms with Crippen molar-refractivity contribution in [3.8, 4) is 11.4 Å².